The van der Waals surface area contributed by atoms with Gasteiger partial charge in [-0.05, 0) is 18.4 Å². The van der Waals surface area contributed by atoms with Gasteiger partial charge in [0.05, 0.1) is 0 Å². The molecule has 0 amide bonds. The summed E-state index contributed by atoms with van der Waals surface area (Å²) in [5.41, 5.74) is 0.878. The number of hydrogen-bond acceptors (Lipinski definition) is 4. The van der Waals surface area contributed by atoms with Gasteiger partial charge in [0.1, 0.15) is 6.29 Å². The lowest BCUT2D eigenvalue weighted by Gasteiger charge is -2.14. The molecule has 0 aromatic carbocycles. The van der Waals surface area contributed by atoms with E-state index in [1.54, 1.807) is 12.4 Å². The molecule has 1 aliphatic rings. The van der Waals surface area contributed by atoms with Gasteiger partial charge in [0.2, 0.25) is 5.95 Å². The second-order valence-electron chi connectivity index (χ2n) is 3.46. The minimum Gasteiger partial charge on any atom is -0.341 e. The summed E-state index contributed by atoms with van der Waals surface area (Å²) >= 11 is 0. The van der Waals surface area contributed by atoms with Gasteiger partial charge in [0, 0.05) is 31.9 Å². The van der Waals surface area contributed by atoms with E-state index in [2.05, 4.69) is 14.9 Å². The van der Waals surface area contributed by atoms with Gasteiger partial charge in [-0.2, -0.15) is 0 Å². The average Bonchev–Trinajstić information content (AvgIpc) is 2.72. The number of aldehydes is 1. The van der Waals surface area contributed by atoms with Crippen LogP contribution in [-0.2, 0) is 11.2 Å². The molecule has 0 saturated carbocycles. The first-order valence-corrected chi connectivity index (χ1v) is 4.89. The molecule has 0 unspecified atom stereocenters. The van der Waals surface area contributed by atoms with Crippen molar-refractivity contribution in [2.75, 3.05) is 18.0 Å². The van der Waals surface area contributed by atoms with Gasteiger partial charge in [-0.15, -0.1) is 0 Å². The Balaban J connectivity index is 2.08. The normalized spacial score (nSPS) is 15.9. The van der Waals surface area contributed by atoms with E-state index in [4.69, 9.17) is 0 Å². The molecular formula is C10H13N3O. The van der Waals surface area contributed by atoms with E-state index in [9.17, 15) is 4.79 Å². The van der Waals surface area contributed by atoms with Crippen LogP contribution in [0, 0.1) is 0 Å². The maximum Gasteiger partial charge on any atom is 0.225 e. The molecule has 0 spiro atoms. The highest BCUT2D eigenvalue weighted by Gasteiger charge is 2.13. The third-order valence-corrected chi connectivity index (χ3v) is 2.40. The zero-order chi connectivity index (χ0) is 9.80. The van der Waals surface area contributed by atoms with Crippen molar-refractivity contribution in [1.29, 1.82) is 0 Å². The summed E-state index contributed by atoms with van der Waals surface area (Å²) < 4.78 is 0. The molecule has 4 heteroatoms. The molecule has 1 aromatic heterocycles. The van der Waals surface area contributed by atoms with Gasteiger partial charge in [-0.3, -0.25) is 0 Å². The van der Waals surface area contributed by atoms with Gasteiger partial charge in [-0.1, -0.05) is 0 Å². The predicted octanol–water partition coefficient (Wildman–Crippen LogP) is 0.818. The van der Waals surface area contributed by atoms with E-state index in [1.807, 2.05) is 0 Å². The summed E-state index contributed by atoms with van der Waals surface area (Å²) in [4.78, 5) is 20.9. The van der Waals surface area contributed by atoms with Gasteiger partial charge in [0.25, 0.3) is 0 Å². The third kappa shape index (κ3) is 1.89. The van der Waals surface area contributed by atoms with E-state index in [1.165, 1.54) is 12.8 Å². The molecule has 1 saturated heterocycles. The second-order valence-corrected chi connectivity index (χ2v) is 3.46. The number of hydrogen-bond donors (Lipinski definition) is 0. The fraction of sp³-hybridized carbons (Fsp3) is 0.500. The maximum absolute atomic E-state index is 10.2. The largest absolute Gasteiger partial charge is 0.341 e. The van der Waals surface area contributed by atoms with E-state index in [-0.39, 0.29) is 0 Å². The summed E-state index contributed by atoms with van der Waals surface area (Å²) in [5.74, 6) is 0.789. The van der Waals surface area contributed by atoms with Gasteiger partial charge in [0.15, 0.2) is 0 Å². The van der Waals surface area contributed by atoms with Crippen LogP contribution in [0.1, 0.15) is 18.4 Å². The molecule has 14 heavy (non-hydrogen) atoms. The van der Waals surface area contributed by atoms with E-state index >= 15 is 0 Å². The first kappa shape index (κ1) is 9.12. The van der Waals surface area contributed by atoms with Crippen LogP contribution in [0.2, 0.25) is 0 Å². The zero-order valence-electron chi connectivity index (χ0n) is 8.02. The molecule has 1 fully saturated rings. The van der Waals surface area contributed by atoms with E-state index < -0.39 is 0 Å². The molecule has 1 aliphatic heterocycles. The van der Waals surface area contributed by atoms with Crippen molar-refractivity contribution in [3.05, 3.63) is 18.0 Å². The number of anilines is 1. The van der Waals surface area contributed by atoms with Crippen molar-refractivity contribution in [1.82, 2.24) is 9.97 Å². The highest BCUT2D eigenvalue weighted by molar-refractivity contribution is 5.54. The Labute approximate surface area is 83.0 Å². The molecule has 0 atom stereocenters. The van der Waals surface area contributed by atoms with Crippen LogP contribution in [-0.4, -0.2) is 29.3 Å². The fourth-order valence-electron chi connectivity index (χ4n) is 1.63. The van der Waals surface area contributed by atoms with Crippen molar-refractivity contribution < 1.29 is 4.79 Å². The van der Waals surface area contributed by atoms with E-state index in [0.29, 0.717) is 6.42 Å². The van der Waals surface area contributed by atoms with Crippen molar-refractivity contribution in [2.45, 2.75) is 19.3 Å². The van der Waals surface area contributed by atoms with Gasteiger partial charge in [-0.25, -0.2) is 9.97 Å². The molecule has 0 aliphatic carbocycles. The topological polar surface area (TPSA) is 46.1 Å². The SMILES string of the molecule is O=CCc1cnc(N2CCCC2)nc1. The van der Waals surface area contributed by atoms with Crippen molar-refractivity contribution in [3.63, 3.8) is 0 Å². The Hall–Kier alpha value is -1.45. The monoisotopic (exact) mass is 191 g/mol. The molecule has 0 bridgehead atoms. The minimum absolute atomic E-state index is 0.403. The van der Waals surface area contributed by atoms with Crippen molar-refractivity contribution in [2.24, 2.45) is 0 Å². The first-order chi connectivity index (χ1) is 6.90. The predicted molar refractivity (Wildman–Crippen MR) is 53.2 cm³/mol. The zero-order valence-corrected chi connectivity index (χ0v) is 8.02. The lowest BCUT2D eigenvalue weighted by Crippen LogP contribution is -2.20. The number of aromatic nitrogens is 2. The molecule has 74 valence electrons. The molecule has 4 nitrogen and oxygen atoms in total. The smallest absolute Gasteiger partial charge is 0.225 e. The van der Waals surface area contributed by atoms with E-state index in [0.717, 1.165) is 30.9 Å². The van der Waals surface area contributed by atoms with Crippen LogP contribution >= 0.6 is 0 Å². The molecule has 2 rings (SSSR count). The Kier molecular flexibility index (Phi) is 2.72. The molecule has 2 heterocycles. The quantitative estimate of drug-likeness (QED) is 0.663. The highest BCUT2D eigenvalue weighted by Crippen LogP contribution is 2.14. The highest BCUT2D eigenvalue weighted by atomic mass is 16.1. The van der Waals surface area contributed by atoms with Crippen LogP contribution in [0.4, 0.5) is 5.95 Å². The summed E-state index contributed by atoms with van der Waals surface area (Å²) in [6.45, 7) is 2.10. The first-order valence-electron chi connectivity index (χ1n) is 4.89. The lowest BCUT2D eigenvalue weighted by molar-refractivity contribution is -0.107. The number of carbonyl (C=O) groups is 1. The summed E-state index contributed by atoms with van der Waals surface area (Å²) in [6.07, 6.45) is 7.18. The fourth-order valence-corrected chi connectivity index (χ4v) is 1.63. The third-order valence-electron chi connectivity index (χ3n) is 2.40. The summed E-state index contributed by atoms with van der Waals surface area (Å²) in [6, 6.07) is 0. The Bertz CT molecular complexity index is 304. The Morgan fingerprint density at radius 3 is 2.50 bits per heavy atom. The standard InChI is InChI=1S/C10H13N3O/c14-6-3-9-7-11-10(12-8-9)13-4-1-2-5-13/h6-8H,1-5H2. The van der Waals surface area contributed by atoms with Crippen molar-refractivity contribution in [3.8, 4) is 0 Å². The van der Waals surface area contributed by atoms with Gasteiger partial charge < -0.3 is 9.69 Å². The van der Waals surface area contributed by atoms with Crippen LogP contribution in [0.3, 0.4) is 0 Å². The molecule has 0 N–H and O–H groups in total. The maximum atomic E-state index is 10.2. The Morgan fingerprint density at radius 2 is 1.93 bits per heavy atom. The molecular weight excluding hydrogens is 178 g/mol. The molecule has 1 aromatic rings. The number of carbonyl (C=O) groups excluding carboxylic acids is 1. The lowest BCUT2D eigenvalue weighted by atomic mass is 10.3. The summed E-state index contributed by atoms with van der Waals surface area (Å²) in [5, 5.41) is 0. The summed E-state index contributed by atoms with van der Waals surface area (Å²) in [7, 11) is 0. The van der Waals surface area contributed by atoms with Crippen LogP contribution in [0.5, 0.6) is 0 Å². The second kappa shape index (κ2) is 4.17. The molecule has 0 radical (unpaired) electrons. The van der Waals surface area contributed by atoms with Crippen LogP contribution in [0.25, 0.3) is 0 Å². The number of nitrogens with zero attached hydrogens (tertiary/aromatic N) is 3. The Morgan fingerprint density at radius 1 is 1.29 bits per heavy atom. The van der Waals surface area contributed by atoms with Crippen molar-refractivity contribution >= 4 is 12.2 Å². The van der Waals surface area contributed by atoms with Crippen LogP contribution in [0.15, 0.2) is 12.4 Å². The van der Waals surface area contributed by atoms with Crippen LogP contribution < -0.4 is 4.90 Å². The number of rotatable bonds is 3. The minimum atomic E-state index is 0.403. The average molecular weight is 191 g/mol. The van der Waals surface area contributed by atoms with Gasteiger partial charge >= 0.3 is 0 Å².